The summed E-state index contributed by atoms with van der Waals surface area (Å²) >= 11 is 9.73. The number of nitrogens with one attached hydrogen (secondary N) is 1. The average molecular weight is 355 g/mol. The molecule has 1 aliphatic rings. The first-order chi connectivity index (χ1) is 9.61. The summed E-state index contributed by atoms with van der Waals surface area (Å²) in [5.41, 5.74) is 1.71. The Labute approximate surface area is 131 Å². The van der Waals surface area contributed by atoms with E-state index in [-0.39, 0.29) is 11.2 Å². The zero-order valence-electron chi connectivity index (χ0n) is 10.8. The maximum atomic E-state index is 14.0. The zero-order chi connectivity index (χ0) is 14.2. The van der Waals surface area contributed by atoms with Gasteiger partial charge >= 0.3 is 0 Å². The molecule has 20 heavy (non-hydrogen) atoms. The van der Waals surface area contributed by atoms with Crippen LogP contribution in [0.2, 0.25) is 5.02 Å². The Morgan fingerprint density at radius 3 is 2.60 bits per heavy atom. The molecule has 0 aliphatic carbocycles. The highest BCUT2D eigenvalue weighted by Gasteiger charge is 2.40. The van der Waals surface area contributed by atoms with Crippen LogP contribution < -0.4 is 5.32 Å². The molecule has 0 bridgehead atoms. The summed E-state index contributed by atoms with van der Waals surface area (Å²) in [5, 5.41) is 4.04. The lowest BCUT2D eigenvalue weighted by atomic mass is 9.71. The summed E-state index contributed by atoms with van der Waals surface area (Å²) in [6.45, 7) is 1.64. The molecule has 0 atom stereocenters. The smallest absolute Gasteiger partial charge is 0.126 e. The van der Waals surface area contributed by atoms with E-state index in [1.165, 1.54) is 6.07 Å². The highest BCUT2D eigenvalue weighted by molar-refractivity contribution is 9.10. The fourth-order valence-corrected chi connectivity index (χ4v) is 3.52. The molecule has 1 fully saturated rings. The van der Waals surface area contributed by atoms with E-state index in [0.717, 1.165) is 33.7 Å². The van der Waals surface area contributed by atoms with Crippen LogP contribution in [0.1, 0.15) is 11.1 Å². The van der Waals surface area contributed by atoms with E-state index in [9.17, 15) is 4.39 Å². The van der Waals surface area contributed by atoms with Gasteiger partial charge in [0.15, 0.2) is 0 Å². The van der Waals surface area contributed by atoms with Gasteiger partial charge in [-0.1, -0.05) is 45.7 Å². The summed E-state index contributed by atoms with van der Waals surface area (Å²) in [7, 11) is 0. The fourth-order valence-electron chi connectivity index (χ4n) is 2.77. The molecule has 0 spiro atoms. The standard InChI is InChI=1S/C16H14BrClFN/c17-12-5-6-15(19)11(7-12)8-16(9-20-10-16)13-3-1-2-4-14(13)18/h1-7,20H,8-10H2. The predicted molar refractivity (Wildman–Crippen MR) is 83.8 cm³/mol. The molecule has 2 aromatic rings. The predicted octanol–water partition coefficient (Wildman–Crippen LogP) is 4.33. The Balaban J connectivity index is 1.98. The fraction of sp³-hybridized carbons (Fsp3) is 0.250. The zero-order valence-corrected chi connectivity index (χ0v) is 13.1. The summed E-state index contributed by atoms with van der Waals surface area (Å²) in [6, 6.07) is 12.9. The molecule has 1 nitrogen and oxygen atoms in total. The van der Waals surface area contributed by atoms with E-state index >= 15 is 0 Å². The number of halogens is 3. The van der Waals surface area contributed by atoms with Crippen LogP contribution in [0, 0.1) is 5.82 Å². The van der Waals surface area contributed by atoms with Gasteiger partial charge in [0.05, 0.1) is 0 Å². The third kappa shape index (κ3) is 2.50. The molecule has 1 saturated heterocycles. The van der Waals surface area contributed by atoms with Gasteiger partial charge in [0.1, 0.15) is 5.82 Å². The second-order valence-electron chi connectivity index (χ2n) is 5.28. The van der Waals surface area contributed by atoms with Crippen LogP contribution in [0.3, 0.4) is 0 Å². The van der Waals surface area contributed by atoms with Crippen molar-refractivity contribution in [2.45, 2.75) is 11.8 Å². The lowest BCUT2D eigenvalue weighted by Gasteiger charge is -2.44. The first kappa shape index (κ1) is 14.1. The molecule has 2 aromatic carbocycles. The topological polar surface area (TPSA) is 12.0 Å². The van der Waals surface area contributed by atoms with Crippen LogP contribution in [0.15, 0.2) is 46.9 Å². The lowest BCUT2D eigenvalue weighted by molar-refractivity contribution is 0.272. The molecule has 0 aromatic heterocycles. The molecule has 104 valence electrons. The minimum absolute atomic E-state index is 0.111. The monoisotopic (exact) mass is 353 g/mol. The third-order valence-corrected chi connectivity index (χ3v) is 4.73. The van der Waals surface area contributed by atoms with E-state index < -0.39 is 0 Å². The van der Waals surface area contributed by atoms with Crippen LogP contribution in [0.25, 0.3) is 0 Å². The molecule has 0 radical (unpaired) electrons. The van der Waals surface area contributed by atoms with E-state index in [4.69, 9.17) is 11.6 Å². The van der Waals surface area contributed by atoms with Gasteiger partial charge in [0.2, 0.25) is 0 Å². The molecule has 0 saturated carbocycles. The molecule has 0 amide bonds. The Morgan fingerprint density at radius 2 is 1.95 bits per heavy atom. The number of rotatable bonds is 3. The first-order valence-electron chi connectivity index (χ1n) is 6.50. The second-order valence-corrected chi connectivity index (χ2v) is 6.60. The van der Waals surface area contributed by atoms with Crippen LogP contribution in [0.5, 0.6) is 0 Å². The van der Waals surface area contributed by atoms with Crippen molar-refractivity contribution in [1.82, 2.24) is 5.32 Å². The van der Waals surface area contributed by atoms with E-state index in [2.05, 4.69) is 21.2 Å². The average Bonchev–Trinajstić information content (AvgIpc) is 2.39. The first-order valence-corrected chi connectivity index (χ1v) is 7.67. The molecule has 4 heteroatoms. The molecule has 0 unspecified atom stereocenters. The van der Waals surface area contributed by atoms with Crippen molar-refractivity contribution < 1.29 is 4.39 Å². The van der Waals surface area contributed by atoms with Gasteiger partial charge in [0, 0.05) is 28.0 Å². The van der Waals surface area contributed by atoms with Crippen LogP contribution >= 0.6 is 27.5 Å². The van der Waals surface area contributed by atoms with Gasteiger partial charge < -0.3 is 5.32 Å². The van der Waals surface area contributed by atoms with E-state index in [1.807, 2.05) is 30.3 Å². The van der Waals surface area contributed by atoms with Gasteiger partial charge in [-0.25, -0.2) is 4.39 Å². The molecule has 1 N–H and O–H groups in total. The largest absolute Gasteiger partial charge is 0.315 e. The molecular formula is C16H14BrClFN. The number of hydrogen-bond acceptors (Lipinski definition) is 1. The van der Waals surface area contributed by atoms with E-state index in [1.54, 1.807) is 6.07 Å². The van der Waals surface area contributed by atoms with Crippen molar-refractivity contribution in [3.8, 4) is 0 Å². The van der Waals surface area contributed by atoms with Crippen molar-refractivity contribution in [1.29, 1.82) is 0 Å². The quantitative estimate of drug-likeness (QED) is 0.865. The van der Waals surface area contributed by atoms with Gasteiger partial charge in [-0.3, -0.25) is 0 Å². The Kier molecular flexibility index (Phi) is 3.85. The molecular weight excluding hydrogens is 341 g/mol. The molecule has 1 heterocycles. The molecule has 3 rings (SSSR count). The SMILES string of the molecule is Fc1ccc(Br)cc1CC1(c2ccccc2Cl)CNC1. The number of hydrogen-bond donors (Lipinski definition) is 1. The maximum absolute atomic E-state index is 14.0. The minimum atomic E-state index is -0.161. The second kappa shape index (κ2) is 5.47. The molecule has 1 aliphatic heterocycles. The summed E-state index contributed by atoms with van der Waals surface area (Å²) < 4.78 is 14.9. The van der Waals surface area contributed by atoms with Gasteiger partial charge in [-0.05, 0) is 41.8 Å². The summed E-state index contributed by atoms with van der Waals surface area (Å²) in [5.74, 6) is -0.161. The van der Waals surface area contributed by atoms with Crippen LogP contribution in [-0.2, 0) is 11.8 Å². The van der Waals surface area contributed by atoms with Crippen LogP contribution in [0.4, 0.5) is 4.39 Å². The van der Waals surface area contributed by atoms with Gasteiger partial charge in [0.25, 0.3) is 0 Å². The van der Waals surface area contributed by atoms with Gasteiger partial charge in [-0.2, -0.15) is 0 Å². The highest BCUT2D eigenvalue weighted by Crippen LogP contribution is 2.37. The normalized spacial score (nSPS) is 16.8. The van der Waals surface area contributed by atoms with Gasteiger partial charge in [-0.15, -0.1) is 0 Å². The van der Waals surface area contributed by atoms with Crippen LogP contribution in [-0.4, -0.2) is 13.1 Å². The Hall–Kier alpha value is -0.900. The summed E-state index contributed by atoms with van der Waals surface area (Å²) in [4.78, 5) is 0. The van der Waals surface area contributed by atoms with Crippen molar-refractivity contribution >= 4 is 27.5 Å². The van der Waals surface area contributed by atoms with E-state index in [0.29, 0.717) is 6.42 Å². The number of benzene rings is 2. The Morgan fingerprint density at radius 1 is 1.20 bits per heavy atom. The van der Waals surface area contributed by atoms with Crippen molar-refractivity contribution in [3.05, 3.63) is 68.9 Å². The highest BCUT2D eigenvalue weighted by atomic mass is 79.9. The Bertz CT molecular complexity index is 640. The minimum Gasteiger partial charge on any atom is -0.315 e. The third-order valence-electron chi connectivity index (χ3n) is 3.91. The maximum Gasteiger partial charge on any atom is 0.126 e. The van der Waals surface area contributed by atoms with Crippen molar-refractivity contribution in [3.63, 3.8) is 0 Å². The van der Waals surface area contributed by atoms with Crippen molar-refractivity contribution in [2.75, 3.05) is 13.1 Å². The summed E-state index contributed by atoms with van der Waals surface area (Å²) in [6.07, 6.45) is 0.648. The van der Waals surface area contributed by atoms with Crippen molar-refractivity contribution in [2.24, 2.45) is 0 Å². The lowest BCUT2D eigenvalue weighted by Crippen LogP contribution is -2.58.